The van der Waals surface area contributed by atoms with Gasteiger partial charge in [0.15, 0.2) is 0 Å². The molecule has 2 aromatic heterocycles. The molecule has 5 heteroatoms. The van der Waals surface area contributed by atoms with Crippen LogP contribution >= 0.6 is 11.3 Å². The molecule has 0 aliphatic carbocycles. The summed E-state index contributed by atoms with van der Waals surface area (Å²) in [6, 6.07) is 4.16. The zero-order valence-corrected chi connectivity index (χ0v) is 13.9. The molecule has 0 aromatic carbocycles. The van der Waals surface area contributed by atoms with Crippen molar-refractivity contribution in [1.29, 1.82) is 0 Å². The molecule has 2 aromatic rings. The SMILES string of the molecule is CC#Cc1cc2cnc(C(=O)N[C@@H]3CC4CCN(C4)C3)cc2s1. The van der Waals surface area contributed by atoms with E-state index in [1.165, 1.54) is 19.5 Å². The van der Waals surface area contributed by atoms with Crippen molar-refractivity contribution >= 4 is 27.3 Å². The maximum Gasteiger partial charge on any atom is 0.270 e. The number of rotatable bonds is 2. The quantitative estimate of drug-likeness (QED) is 0.863. The minimum absolute atomic E-state index is 0.0593. The molecule has 23 heavy (non-hydrogen) atoms. The van der Waals surface area contributed by atoms with Gasteiger partial charge in [-0.1, -0.05) is 5.92 Å². The highest BCUT2D eigenvalue weighted by Gasteiger charge is 2.33. The topological polar surface area (TPSA) is 45.2 Å². The molecule has 1 amide bonds. The molecule has 2 saturated heterocycles. The van der Waals surface area contributed by atoms with Crippen molar-refractivity contribution in [2.24, 2.45) is 5.92 Å². The van der Waals surface area contributed by atoms with E-state index in [1.807, 2.05) is 19.1 Å². The zero-order valence-electron chi connectivity index (χ0n) is 13.1. The molecule has 0 spiro atoms. The summed E-state index contributed by atoms with van der Waals surface area (Å²) in [5.74, 6) is 6.66. The lowest BCUT2D eigenvalue weighted by Crippen LogP contribution is -2.47. The number of nitrogens with one attached hydrogen (secondary N) is 1. The molecular weight excluding hydrogens is 306 g/mol. The number of fused-ring (bicyclic) bond motifs is 3. The molecule has 3 atom stereocenters. The molecule has 1 N–H and O–H groups in total. The number of aromatic nitrogens is 1. The molecule has 0 saturated carbocycles. The molecule has 2 aliphatic rings. The van der Waals surface area contributed by atoms with Gasteiger partial charge in [-0.25, -0.2) is 0 Å². The van der Waals surface area contributed by atoms with Crippen LogP contribution in [0.1, 0.15) is 35.1 Å². The molecular formula is C18H19N3OS. The van der Waals surface area contributed by atoms with Gasteiger partial charge in [0, 0.05) is 35.4 Å². The number of hydrogen-bond donors (Lipinski definition) is 1. The van der Waals surface area contributed by atoms with Crippen molar-refractivity contribution in [2.75, 3.05) is 19.6 Å². The lowest BCUT2D eigenvalue weighted by atomic mass is 9.97. The minimum Gasteiger partial charge on any atom is -0.347 e. The normalized spacial score (nSPS) is 25.9. The van der Waals surface area contributed by atoms with Crippen LogP contribution < -0.4 is 5.32 Å². The van der Waals surface area contributed by atoms with Crippen molar-refractivity contribution in [3.05, 3.63) is 28.9 Å². The first kappa shape index (κ1) is 14.7. The summed E-state index contributed by atoms with van der Waals surface area (Å²) in [5.41, 5.74) is 0.503. The summed E-state index contributed by atoms with van der Waals surface area (Å²) in [4.78, 5) is 20.3. The fourth-order valence-electron chi connectivity index (χ4n) is 3.67. The number of hydrogen-bond acceptors (Lipinski definition) is 4. The van der Waals surface area contributed by atoms with E-state index in [-0.39, 0.29) is 11.9 Å². The summed E-state index contributed by atoms with van der Waals surface area (Å²) in [7, 11) is 0. The number of pyridine rings is 1. The fourth-order valence-corrected chi connectivity index (χ4v) is 4.64. The highest BCUT2D eigenvalue weighted by Crippen LogP contribution is 2.27. The standard InChI is InChI=1S/C18H19N3OS/c1-2-3-15-7-13-9-19-16(8-17(13)23-15)18(22)20-14-6-12-4-5-21(10-12)11-14/h7-9,12,14H,4-6,10-11H2,1H3,(H,20,22)/t12?,14-/m1/s1. The van der Waals surface area contributed by atoms with Crippen LogP contribution in [0.3, 0.4) is 0 Å². The van der Waals surface area contributed by atoms with Gasteiger partial charge >= 0.3 is 0 Å². The summed E-state index contributed by atoms with van der Waals surface area (Å²) < 4.78 is 1.07. The maximum atomic E-state index is 12.5. The molecule has 118 valence electrons. The number of nitrogens with zero attached hydrogens (tertiary/aromatic N) is 2. The Bertz CT molecular complexity index is 805. The van der Waals surface area contributed by atoms with Gasteiger partial charge in [-0.2, -0.15) is 0 Å². The number of carbonyl (C=O) groups excluding carboxylic acids is 1. The van der Waals surface area contributed by atoms with Crippen molar-refractivity contribution in [2.45, 2.75) is 25.8 Å². The number of piperidine rings is 1. The average molecular weight is 325 g/mol. The van der Waals surface area contributed by atoms with Crippen LogP contribution in [0.2, 0.25) is 0 Å². The summed E-state index contributed by atoms with van der Waals surface area (Å²) in [5, 5.41) is 4.21. The van der Waals surface area contributed by atoms with Gasteiger partial charge in [0.25, 0.3) is 5.91 Å². The Hall–Kier alpha value is -1.90. The van der Waals surface area contributed by atoms with E-state index in [4.69, 9.17) is 0 Å². The highest BCUT2D eigenvalue weighted by molar-refractivity contribution is 7.19. The van der Waals surface area contributed by atoms with Crippen LogP contribution in [0.25, 0.3) is 10.1 Å². The number of thiophene rings is 1. The predicted octanol–water partition coefficient (Wildman–Crippen LogP) is 2.49. The lowest BCUT2D eigenvalue weighted by molar-refractivity contribution is 0.0904. The minimum atomic E-state index is -0.0593. The molecule has 0 radical (unpaired) electrons. The summed E-state index contributed by atoms with van der Waals surface area (Å²) >= 11 is 1.61. The van der Waals surface area contributed by atoms with Crippen molar-refractivity contribution in [3.63, 3.8) is 0 Å². The van der Waals surface area contributed by atoms with Gasteiger partial charge in [-0.3, -0.25) is 9.78 Å². The van der Waals surface area contributed by atoms with Crippen molar-refractivity contribution in [1.82, 2.24) is 15.2 Å². The largest absolute Gasteiger partial charge is 0.347 e. The van der Waals surface area contributed by atoms with Gasteiger partial charge in [0.1, 0.15) is 5.69 Å². The van der Waals surface area contributed by atoms with Gasteiger partial charge in [0.05, 0.1) is 4.88 Å². The van der Waals surface area contributed by atoms with E-state index in [0.717, 1.165) is 33.8 Å². The van der Waals surface area contributed by atoms with Crippen LogP contribution in [0.5, 0.6) is 0 Å². The Labute approximate surface area is 139 Å². The van der Waals surface area contributed by atoms with E-state index in [2.05, 4.69) is 27.0 Å². The van der Waals surface area contributed by atoms with Gasteiger partial charge in [0.2, 0.25) is 0 Å². The molecule has 2 bridgehead atoms. The number of amides is 1. The predicted molar refractivity (Wildman–Crippen MR) is 92.6 cm³/mol. The summed E-state index contributed by atoms with van der Waals surface area (Å²) in [6.45, 7) is 5.18. The zero-order chi connectivity index (χ0) is 15.8. The van der Waals surface area contributed by atoms with Crippen LogP contribution in [0, 0.1) is 17.8 Å². The smallest absolute Gasteiger partial charge is 0.270 e. The number of carbonyl (C=O) groups is 1. The Morgan fingerprint density at radius 3 is 3.17 bits per heavy atom. The average Bonchev–Trinajstić information content (AvgIpc) is 3.09. The van der Waals surface area contributed by atoms with Crippen LogP contribution in [-0.2, 0) is 0 Å². The third kappa shape index (κ3) is 2.97. The molecule has 4 rings (SSSR count). The fraction of sp³-hybridized carbons (Fsp3) is 0.444. The maximum absolute atomic E-state index is 12.5. The van der Waals surface area contributed by atoms with Crippen molar-refractivity contribution in [3.8, 4) is 11.8 Å². The van der Waals surface area contributed by atoms with Crippen molar-refractivity contribution < 1.29 is 4.79 Å². The third-order valence-electron chi connectivity index (χ3n) is 4.68. The van der Waals surface area contributed by atoms with E-state index in [9.17, 15) is 4.79 Å². The van der Waals surface area contributed by atoms with Gasteiger partial charge in [-0.15, -0.1) is 17.3 Å². The Morgan fingerprint density at radius 2 is 2.35 bits per heavy atom. The van der Waals surface area contributed by atoms with E-state index < -0.39 is 0 Å². The van der Waals surface area contributed by atoms with Crippen LogP contribution in [0.4, 0.5) is 0 Å². The third-order valence-corrected chi connectivity index (χ3v) is 5.70. The van der Waals surface area contributed by atoms with E-state index in [0.29, 0.717) is 5.69 Å². The monoisotopic (exact) mass is 325 g/mol. The lowest BCUT2D eigenvalue weighted by Gasteiger charge is -2.30. The second-order valence-electron chi connectivity index (χ2n) is 6.41. The second kappa shape index (κ2) is 5.95. The Kier molecular flexibility index (Phi) is 3.80. The van der Waals surface area contributed by atoms with Crippen LogP contribution in [0.15, 0.2) is 18.3 Å². The first-order chi connectivity index (χ1) is 11.2. The molecule has 2 unspecified atom stereocenters. The molecule has 4 heterocycles. The van der Waals surface area contributed by atoms with Crippen LogP contribution in [-0.4, -0.2) is 41.5 Å². The highest BCUT2D eigenvalue weighted by atomic mass is 32.1. The van der Waals surface area contributed by atoms with E-state index >= 15 is 0 Å². The first-order valence-electron chi connectivity index (χ1n) is 8.07. The van der Waals surface area contributed by atoms with Gasteiger partial charge in [-0.05, 0) is 44.4 Å². The Morgan fingerprint density at radius 1 is 1.43 bits per heavy atom. The molecule has 4 nitrogen and oxygen atoms in total. The van der Waals surface area contributed by atoms with E-state index in [1.54, 1.807) is 17.5 Å². The Balaban J connectivity index is 1.51. The second-order valence-corrected chi connectivity index (χ2v) is 7.50. The molecule has 2 fully saturated rings. The summed E-state index contributed by atoms with van der Waals surface area (Å²) in [6.07, 6.45) is 4.14. The first-order valence-corrected chi connectivity index (χ1v) is 8.88. The molecule has 2 aliphatic heterocycles. The van der Waals surface area contributed by atoms with Gasteiger partial charge < -0.3 is 10.2 Å².